The van der Waals surface area contributed by atoms with Gasteiger partial charge in [-0.05, 0) is 110 Å². The lowest BCUT2D eigenvalue weighted by molar-refractivity contribution is -0.153. The second kappa shape index (κ2) is 18.8. The second-order valence-electron chi connectivity index (χ2n) is 16.0. The lowest BCUT2D eigenvalue weighted by atomic mass is 9.87. The molecule has 0 N–H and O–H groups in total. The number of pyridine rings is 1. The smallest absolute Gasteiger partial charge is 0.387 e. The Balaban J connectivity index is 1.42. The molecule has 0 atom stereocenters. The summed E-state index contributed by atoms with van der Waals surface area (Å²) in [6, 6.07) is 18.5. The van der Waals surface area contributed by atoms with Crippen molar-refractivity contribution >= 4 is 16.0 Å². The van der Waals surface area contributed by atoms with Gasteiger partial charge in [-0.25, -0.2) is 17.8 Å². The minimum atomic E-state index is -4.10. The zero-order chi connectivity index (χ0) is 44.0. The minimum Gasteiger partial charge on any atom is -0.497 e. The molecule has 0 aliphatic rings. The third-order valence-corrected chi connectivity index (χ3v) is 11.1. The Kier molecular flexibility index (Phi) is 14.2. The quantitative estimate of drug-likeness (QED) is 0.0788. The van der Waals surface area contributed by atoms with Crippen LogP contribution in [0.2, 0.25) is 0 Å². The van der Waals surface area contributed by atoms with Gasteiger partial charge in [-0.2, -0.15) is 18.2 Å². The number of ether oxygens (including phenoxy) is 5. The van der Waals surface area contributed by atoms with Gasteiger partial charge in [-0.15, -0.1) is 0 Å². The Morgan fingerprint density at radius 2 is 1.47 bits per heavy atom. The lowest BCUT2D eigenvalue weighted by Gasteiger charge is -2.26. The molecule has 5 aromatic rings. The van der Waals surface area contributed by atoms with Gasteiger partial charge >= 0.3 is 12.6 Å². The number of rotatable bonds is 18. The van der Waals surface area contributed by atoms with E-state index in [1.165, 1.54) is 33.6 Å². The van der Waals surface area contributed by atoms with Crippen LogP contribution in [0.4, 0.5) is 13.2 Å². The van der Waals surface area contributed by atoms with Crippen molar-refractivity contribution in [3.05, 3.63) is 113 Å². The van der Waals surface area contributed by atoms with E-state index in [1.807, 2.05) is 0 Å². The van der Waals surface area contributed by atoms with Crippen molar-refractivity contribution in [3.63, 3.8) is 0 Å². The van der Waals surface area contributed by atoms with Gasteiger partial charge in [-0.3, -0.25) is 9.48 Å². The first-order valence-corrected chi connectivity index (χ1v) is 20.6. The van der Waals surface area contributed by atoms with Gasteiger partial charge in [0.05, 0.1) is 32.4 Å². The summed E-state index contributed by atoms with van der Waals surface area (Å²) < 4.78 is 101. The molecule has 322 valence electrons. The van der Waals surface area contributed by atoms with Crippen molar-refractivity contribution in [1.29, 1.82) is 0 Å². The highest BCUT2D eigenvalue weighted by molar-refractivity contribution is 7.89. The van der Waals surface area contributed by atoms with Crippen molar-refractivity contribution in [3.8, 4) is 34.3 Å². The molecular weight excluding hydrogens is 802 g/mol. The Labute approximate surface area is 349 Å². The fourth-order valence-electron chi connectivity index (χ4n) is 6.43. The molecule has 0 saturated heterocycles. The monoisotopic (exact) mass is 852 g/mol. The summed E-state index contributed by atoms with van der Waals surface area (Å²) in [4.78, 5) is 17.4. The van der Waals surface area contributed by atoms with Gasteiger partial charge in [0.15, 0.2) is 11.6 Å². The highest BCUT2D eigenvalue weighted by atomic mass is 32.2. The van der Waals surface area contributed by atoms with E-state index >= 15 is 4.39 Å². The van der Waals surface area contributed by atoms with Crippen molar-refractivity contribution in [2.45, 2.75) is 96.5 Å². The second-order valence-corrected chi connectivity index (χ2v) is 17.9. The van der Waals surface area contributed by atoms with Crippen LogP contribution >= 0.6 is 0 Å². The molecule has 0 aliphatic carbocycles. The van der Waals surface area contributed by atoms with Crippen LogP contribution in [0.1, 0.15) is 76.6 Å². The number of alkyl halides is 2. The van der Waals surface area contributed by atoms with Crippen molar-refractivity contribution in [2.75, 3.05) is 20.8 Å². The van der Waals surface area contributed by atoms with Gasteiger partial charge < -0.3 is 23.7 Å². The summed E-state index contributed by atoms with van der Waals surface area (Å²) in [7, 11) is -0.988. The zero-order valence-corrected chi connectivity index (χ0v) is 36.0. The number of hydrogen-bond donors (Lipinski definition) is 0. The average Bonchev–Trinajstić information content (AvgIpc) is 3.71. The van der Waals surface area contributed by atoms with E-state index < -0.39 is 51.2 Å². The third-order valence-electron chi connectivity index (χ3n) is 9.38. The first kappa shape index (κ1) is 45.5. The number of carbonyl (C=O) groups is 1. The molecule has 0 saturated carbocycles. The van der Waals surface area contributed by atoms with E-state index in [0.29, 0.717) is 17.1 Å². The summed E-state index contributed by atoms with van der Waals surface area (Å²) in [5.74, 6) is -1.43. The molecule has 0 spiro atoms. The van der Waals surface area contributed by atoms with Crippen molar-refractivity contribution < 1.29 is 50.1 Å². The van der Waals surface area contributed by atoms with Crippen LogP contribution in [0.25, 0.3) is 11.1 Å². The number of esters is 1. The lowest BCUT2D eigenvalue weighted by Crippen LogP contribution is -2.34. The molecule has 60 heavy (non-hydrogen) atoms. The van der Waals surface area contributed by atoms with Gasteiger partial charge in [0.2, 0.25) is 15.9 Å². The normalized spacial score (nSPS) is 12.2. The maximum atomic E-state index is 15.8. The SMILES string of the molecule is COc1ccc(CN(Cc2ccc(OC)cc2)S(=O)(=O)c2cnn(C(C)(C)COc3cc(-c4cc(OC(F)F)c(F)c(C(C)C)c4CC(=O)OC(C)(C)C)ccn3)c2)cc1. The van der Waals surface area contributed by atoms with E-state index in [2.05, 4.69) is 14.8 Å². The number of methoxy groups -OCH3 is 2. The van der Waals surface area contributed by atoms with Crippen LogP contribution in [-0.4, -0.2) is 66.5 Å². The standard InChI is InChI=1S/C44H51F3N4O8S/c1-28(2)40-36(22-39(52)59-43(3,4)5)35(21-37(41(40)45)58-42(46)47)31-18-19-48-38(20-31)57-27-44(6,7)51-26-34(23-49-51)60(53,54)50(24-29-10-14-32(55-8)15-11-29)25-30-12-16-33(56-9)17-13-30/h10-21,23,26,28,42H,22,24-25,27H2,1-9H3. The molecule has 5 rings (SSSR count). The number of nitrogens with zero attached hydrogens (tertiary/aromatic N) is 4. The maximum absolute atomic E-state index is 15.8. The topological polar surface area (TPSA) is 131 Å². The molecule has 12 nitrogen and oxygen atoms in total. The summed E-state index contributed by atoms with van der Waals surface area (Å²) in [5, 5.41) is 4.43. The largest absolute Gasteiger partial charge is 0.497 e. The van der Waals surface area contributed by atoms with E-state index in [0.717, 1.165) is 17.2 Å². The van der Waals surface area contributed by atoms with Gasteiger partial charge in [0.25, 0.3) is 0 Å². The molecule has 3 aromatic carbocycles. The molecule has 0 amide bonds. The molecule has 0 radical (unpaired) electrons. The van der Waals surface area contributed by atoms with E-state index in [9.17, 15) is 22.0 Å². The van der Waals surface area contributed by atoms with Gasteiger partial charge in [0, 0.05) is 31.5 Å². The third kappa shape index (κ3) is 11.4. The Hall–Kier alpha value is -5.61. The van der Waals surface area contributed by atoms with Crippen LogP contribution in [-0.2, 0) is 44.6 Å². The number of aromatic nitrogens is 3. The predicted molar refractivity (Wildman–Crippen MR) is 219 cm³/mol. The summed E-state index contributed by atoms with van der Waals surface area (Å²) in [6.45, 7) is 8.87. The van der Waals surface area contributed by atoms with Crippen molar-refractivity contribution in [1.82, 2.24) is 19.1 Å². The number of sulfonamides is 1. The van der Waals surface area contributed by atoms with Crippen molar-refractivity contribution in [2.24, 2.45) is 0 Å². The Morgan fingerprint density at radius 1 is 0.883 bits per heavy atom. The Bertz CT molecular complexity index is 2310. The van der Waals surface area contributed by atoms with E-state index in [1.54, 1.807) is 117 Å². The molecule has 0 aliphatic heterocycles. The molecule has 0 bridgehead atoms. The molecule has 0 fully saturated rings. The highest BCUT2D eigenvalue weighted by Gasteiger charge is 2.31. The summed E-state index contributed by atoms with van der Waals surface area (Å²) in [6.07, 6.45) is 3.81. The molecular formula is C44H51F3N4O8S. The van der Waals surface area contributed by atoms with E-state index in [4.69, 9.17) is 18.9 Å². The average molecular weight is 853 g/mol. The molecule has 0 unspecified atom stereocenters. The fraction of sp³-hybridized carbons (Fsp3) is 0.386. The molecule has 2 heterocycles. The maximum Gasteiger partial charge on any atom is 0.387 e. The number of hydrogen-bond acceptors (Lipinski definition) is 10. The van der Waals surface area contributed by atoms with Gasteiger partial charge in [-0.1, -0.05) is 38.1 Å². The first-order chi connectivity index (χ1) is 28.2. The van der Waals surface area contributed by atoms with Crippen LogP contribution in [0.15, 0.2) is 90.2 Å². The zero-order valence-electron chi connectivity index (χ0n) is 35.2. The van der Waals surface area contributed by atoms with Crippen LogP contribution < -0.4 is 18.9 Å². The van der Waals surface area contributed by atoms with Crippen LogP contribution in [0.5, 0.6) is 23.1 Å². The summed E-state index contributed by atoms with van der Waals surface area (Å²) in [5.41, 5.74) is 0.661. The number of halogens is 3. The number of carbonyl (C=O) groups excluding carboxylic acids is 1. The molecule has 2 aromatic heterocycles. The van der Waals surface area contributed by atoms with Gasteiger partial charge in [0.1, 0.15) is 28.6 Å². The highest BCUT2D eigenvalue weighted by Crippen LogP contribution is 2.40. The van der Waals surface area contributed by atoms with E-state index in [-0.39, 0.29) is 53.6 Å². The first-order valence-electron chi connectivity index (χ1n) is 19.1. The fourth-order valence-corrected chi connectivity index (χ4v) is 7.78. The van der Waals surface area contributed by atoms with Crippen LogP contribution in [0.3, 0.4) is 0 Å². The Morgan fingerprint density at radius 3 is 1.98 bits per heavy atom. The molecule has 16 heteroatoms. The minimum absolute atomic E-state index is 0.0328. The summed E-state index contributed by atoms with van der Waals surface area (Å²) >= 11 is 0. The van der Waals surface area contributed by atoms with Crippen LogP contribution in [0, 0.1) is 5.82 Å². The predicted octanol–water partition coefficient (Wildman–Crippen LogP) is 8.92. The number of benzene rings is 3.